The van der Waals surface area contributed by atoms with Crippen molar-refractivity contribution < 1.29 is 26.7 Å². The van der Waals surface area contributed by atoms with Crippen LogP contribution in [0.3, 0.4) is 0 Å². The number of amidine groups is 1. The number of halogens is 5. The zero-order chi connectivity index (χ0) is 32.6. The highest BCUT2D eigenvalue weighted by Gasteiger charge is 2.36. The molecule has 3 nitrogen and oxygen atoms in total. The van der Waals surface area contributed by atoms with Gasteiger partial charge >= 0.3 is 6.18 Å². The van der Waals surface area contributed by atoms with E-state index in [9.17, 15) is 13.2 Å². The minimum Gasteiger partial charge on any atom is -0.498 e. The summed E-state index contributed by atoms with van der Waals surface area (Å²) in [6.45, 7) is 12.6. The molecule has 2 aromatic carbocycles. The molecule has 45 heavy (non-hydrogen) atoms. The Balaban J connectivity index is 1.49. The average Bonchev–Trinajstić information content (AvgIpc) is 3.36. The van der Waals surface area contributed by atoms with Gasteiger partial charge in [-0.25, -0.2) is 13.8 Å². The van der Waals surface area contributed by atoms with Crippen LogP contribution >= 0.6 is 0 Å². The van der Waals surface area contributed by atoms with Crippen LogP contribution < -0.4 is 5.32 Å². The maximum absolute atomic E-state index is 15.1. The van der Waals surface area contributed by atoms with Crippen molar-refractivity contribution in [2.75, 3.05) is 11.9 Å². The summed E-state index contributed by atoms with van der Waals surface area (Å²) in [5, 5.41) is 2.72. The van der Waals surface area contributed by atoms with E-state index in [0.717, 1.165) is 49.0 Å². The van der Waals surface area contributed by atoms with Crippen LogP contribution in [0.4, 0.5) is 27.6 Å². The molecule has 2 atom stereocenters. The molecule has 0 aromatic heterocycles. The molecule has 2 heterocycles. The van der Waals surface area contributed by atoms with Gasteiger partial charge in [-0.05, 0) is 68.7 Å². The second-order valence-corrected chi connectivity index (χ2v) is 11.6. The first-order chi connectivity index (χ1) is 21.5. The van der Waals surface area contributed by atoms with Gasteiger partial charge in [0.1, 0.15) is 17.5 Å². The molecular formula is C37H39F5N2O. The van der Waals surface area contributed by atoms with E-state index in [0.29, 0.717) is 36.5 Å². The molecular weight excluding hydrogens is 583 g/mol. The van der Waals surface area contributed by atoms with Gasteiger partial charge in [-0.2, -0.15) is 13.2 Å². The number of ether oxygens (including phenoxy) is 1. The Kier molecular flexibility index (Phi) is 11.4. The molecule has 2 aliphatic heterocycles. The molecule has 1 saturated heterocycles. The summed E-state index contributed by atoms with van der Waals surface area (Å²) in [7, 11) is 0. The van der Waals surface area contributed by atoms with Crippen molar-refractivity contribution in [3.63, 3.8) is 0 Å². The summed E-state index contributed by atoms with van der Waals surface area (Å²) in [5.41, 5.74) is 4.35. The number of anilines is 1. The highest BCUT2D eigenvalue weighted by Crippen LogP contribution is 2.37. The molecule has 0 radical (unpaired) electrons. The minimum absolute atomic E-state index is 0.0130. The molecule has 0 saturated carbocycles. The fourth-order valence-electron chi connectivity index (χ4n) is 5.62. The highest BCUT2D eigenvalue weighted by molar-refractivity contribution is 6.04. The zero-order valence-corrected chi connectivity index (χ0v) is 25.7. The van der Waals surface area contributed by atoms with E-state index in [-0.39, 0.29) is 41.4 Å². The first-order valence-electron chi connectivity index (χ1n) is 15.2. The van der Waals surface area contributed by atoms with Crippen molar-refractivity contribution in [2.24, 2.45) is 10.9 Å². The molecule has 2 aromatic rings. The van der Waals surface area contributed by atoms with Gasteiger partial charge in [0.2, 0.25) is 0 Å². The summed E-state index contributed by atoms with van der Waals surface area (Å²) < 4.78 is 77.9. The summed E-state index contributed by atoms with van der Waals surface area (Å²) in [4.78, 5) is 3.93. The predicted octanol–water partition coefficient (Wildman–Crippen LogP) is 10.7. The third-order valence-corrected chi connectivity index (χ3v) is 8.10. The predicted molar refractivity (Wildman–Crippen MR) is 171 cm³/mol. The van der Waals surface area contributed by atoms with Crippen molar-refractivity contribution >= 4 is 11.5 Å². The van der Waals surface area contributed by atoms with E-state index in [1.54, 1.807) is 6.08 Å². The maximum atomic E-state index is 15.1. The standard InChI is InChI=1S/C37H39F5N2O/c1-5-9-26(24(2)3)13-12-25(4)20-31-33(38)21-29(22-34(31)39)44-36-17-15-28(32(23-43-36)37(40,41)42)14-16-35-30(18-19-45-35)27-10-7-6-8-11-27/h6-8,10-11,16-17,21-23,26,30H,2,4-5,9,12-14,18-20H2,1,3H3,(H,43,44)/b35-16-. The van der Waals surface area contributed by atoms with Crippen LogP contribution in [0.2, 0.25) is 0 Å². The van der Waals surface area contributed by atoms with Gasteiger partial charge in [0.25, 0.3) is 0 Å². The molecule has 2 unspecified atom stereocenters. The van der Waals surface area contributed by atoms with Crippen LogP contribution in [-0.4, -0.2) is 18.6 Å². The van der Waals surface area contributed by atoms with Gasteiger partial charge in [-0.15, -0.1) is 5.73 Å². The molecule has 2 aliphatic rings. The van der Waals surface area contributed by atoms with Crippen molar-refractivity contribution in [2.45, 2.75) is 70.9 Å². The topological polar surface area (TPSA) is 33.6 Å². The molecule has 1 fully saturated rings. The number of allylic oxidation sites excluding steroid dienone is 5. The number of hydrogen-bond donors (Lipinski definition) is 1. The molecule has 0 bridgehead atoms. The zero-order valence-electron chi connectivity index (χ0n) is 25.7. The lowest BCUT2D eigenvalue weighted by molar-refractivity contribution is -0.0896. The fourth-order valence-corrected chi connectivity index (χ4v) is 5.62. The lowest BCUT2D eigenvalue weighted by atomic mass is 9.89. The second kappa shape index (κ2) is 15.2. The Labute approximate surface area is 262 Å². The van der Waals surface area contributed by atoms with Gasteiger partial charge in [0, 0.05) is 41.4 Å². The Morgan fingerprint density at radius 3 is 2.49 bits per heavy atom. The van der Waals surface area contributed by atoms with Gasteiger partial charge in [-0.3, -0.25) is 0 Å². The Morgan fingerprint density at radius 2 is 1.84 bits per heavy atom. The third kappa shape index (κ3) is 9.18. The molecule has 0 spiro atoms. The van der Waals surface area contributed by atoms with E-state index in [2.05, 4.69) is 36.1 Å². The summed E-state index contributed by atoms with van der Waals surface area (Å²) >= 11 is 0. The van der Waals surface area contributed by atoms with Crippen molar-refractivity contribution in [3.8, 4) is 0 Å². The van der Waals surface area contributed by atoms with Gasteiger partial charge in [0.15, 0.2) is 0 Å². The van der Waals surface area contributed by atoms with E-state index in [1.807, 2.05) is 37.3 Å². The minimum atomic E-state index is -4.69. The van der Waals surface area contributed by atoms with Crippen LogP contribution in [0.25, 0.3) is 0 Å². The highest BCUT2D eigenvalue weighted by atomic mass is 19.4. The number of aliphatic imine (C=N–C) groups is 1. The number of alkyl halides is 3. The molecule has 1 N–H and O–H groups in total. The smallest absolute Gasteiger partial charge is 0.418 e. The molecule has 0 amide bonds. The van der Waals surface area contributed by atoms with E-state index >= 15 is 8.78 Å². The largest absolute Gasteiger partial charge is 0.498 e. The van der Waals surface area contributed by atoms with E-state index < -0.39 is 23.4 Å². The molecule has 238 valence electrons. The van der Waals surface area contributed by atoms with E-state index in [4.69, 9.17) is 4.74 Å². The summed E-state index contributed by atoms with van der Waals surface area (Å²) in [5.74, 6) is -0.682. The van der Waals surface area contributed by atoms with Gasteiger partial charge < -0.3 is 10.1 Å². The van der Waals surface area contributed by atoms with Gasteiger partial charge in [0.05, 0.1) is 17.9 Å². The molecule has 8 heteroatoms. The van der Waals surface area contributed by atoms with Crippen molar-refractivity contribution in [3.05, 3.63) is 131 Å². The van der Waals surface area contributed by atoms with Crippen LogP contribution in [0.1, 0.15) is 69.4 Å². The second-order valence-electron chi connectivity index (χ2n) is 11.6. The number of nitrogens with zero attached hydrogens (tertiary/aromatic N) is 1. The monoisotopic (exact) mass is 622 g/mol. The van der Waals surface area contributed by atoms with Crippen LogP contribution in [-0.2, 0) is 11.2 Å². The first kappa shape index (κ1) is 33.7. The first-order valence-corrected chi connectivity index (χ1v) is 15.2. The number of hydrogen-bond acceptors (Lipinski definition) is 3. The summed E-state index contributed by atoms with van der Waals surface area (Å²) in [6.07, 6.45) is 3.07. The molecule has 4 rings (SSSR count). The summed E-state index contributed by atoms with van der Waals surface area (Å²) in [6, 6.07) is 11.9. The quantitative estimate of drug-likeness (QED) is 0.145. The van der Waals surface area contributed by atoms with Crippen molar-refractivity contribution in [1.82, 2.24) is 0 Å². The van der Waals surface area contributed by atoms with Crippen LogP contribution in [0, 0.1) is 17.6 Å². The number of benzene rings is 2. The maximum Gasteiger partial charge on any atom is 0.418 e. The van der Waals surface area contributed by atoms with Gasteiger partial charge in [-0.1, -0.05) is 68.0 Å². The average molecular weight is 623 g/mol. The van der Waals surface area contributed by atoms with Crippen LogP contribution in [0.15, 0.2) is 113 Å². The lowest BCUT2D eigenvalue weighted by Crippen LogP contribution is -2.13. The Morgan fingerprint density at radius 1 is 1.13 bits per heavy atom. The van der Waals surface area contributed by atoms with Crippen LogP contribution in [0.5, 0.6) is 0 Å². The fraction of sp³-hybridized carbons (Fsp3) is 0.351. The lowest BCUT2D eigenvalue weighted by Gasteiger charge is -2.17. The number of nitrogens with one attached hydrogen (secondary N) is 1. The third-order valence-electron chi connectivity index (χ3n) is 8.10. The van der Waals surface area contributed by atoms with E-state index in [1.165, 1.54) is 6.08 Å². The molecule has 0 aliphatic carbocycles. The Bertz CT molecular complexity index is 1540. The normalized spacial score (nSPS) is 18.1. The Hall–Kier alpha value is -4.16. The SMILES string of the molecule is C=C(CCC(CCC)C(=C)C)Cc1c(F)cc(NC2=NC=C(C(F)(F)F)C(C/C=C3\OCCC3c3ccccc3)=C=C2)cc1F. The number of rotatable bonds is 12. The van der Waals surface area contributed by atoms with Crippen molar-refractivity contribution in [1.29, 1.82) is 0 Å².